The lowest BCUT2D eigenvalue weighted by Crippen LogP contribution is -2.45. The zero-order valence-electron chi connectivity index (χ0n) is 14.4. The number of rotatable bonds is 5. The Morgan fingerprint density at radius 1 is 1.22 bits per heavy atom. The van der Waals surface area contributed by atoms with Gasteiger partial charge in [0.1, 0.15) is 18.5 Å². The maximum absolute atomic E-state index is 12.7. The summed E-state index contributed by atoms with van der Waals surface area (Å²) in [6, 6.07) is 11.6. The number of hydrogen-bond donors (Lipinski definition) is 2. The molecule has 1 amide bonds. The molecule has 8 heteroatoms. The lowest BCUT2D eigenvalue weighted by Gasteiger charge is -2.22. The van der Waals surface area contributed by atoms with Crippen molar-refractivity contribution in [2.24, 2.45) is 0 Å². The Morgan fingerprint density at radius 3 is 2.67 bits per heavy atom. The van der Waals surface area contributed by atoms with E-state index in [9.17, 15) is 18.0 Å². The van der Waals surface area contributed by atoms with Crippen LogP contribution in [0.2, 0.25) is 0 Å². The molecule has 3 rings (SSSR count). The first kappa shape index (κ1) is 19.2. The van der Waals surface area contributed by atoms with E-state index in [0.717, 1.165) is 18.7 Å². The van der Waals surface area contributed by atoms with E-state index in [1.54, 1.807) is 30.3 Å². The van der Waals surface area contributed by atoms with Crippen molar-refractivity contribution >= 4 is 11.6 Å². The second-order valence-corrected chi connectivity index (χ2v) is 6.06. The van der Waals surface area contributed by atoms with Gasteiger partial charge in [-0.1, -0.05) is 12.1 Å². The zero-order valence-corrected chi connectivity index (χ0v) is 14.4. The number of carbonyl (C=O) groups excluding carboxylic acids is 1. The molecule has 2 N–H and O–H groups in total. The van der Waals surface area contributed by atoms with Crippen LogP contribution in [0.25, 0.3) is 0 Å². The van der Waals surface area contributed by atoms with Crippen molar-refractivity contribution in [3.8, 4) is 5.75 Å². The van der Waals surface area contributed by atoms with E-state index >= 15 is 0 Å². The third kappa shape index (κ3) is 5.45. The van der Waals surface area contributed by atoms with Gasteiger partial charge in [0.25, 0.3) is 5.91 Å². The molecule has 27 heavy (non-hydrogen) atoms. The van der Waals surface area contributed by atoms with Gasteiger partial charge in [0.05, 0.1) is 12.2 Å². The highest BCUT2D eigenvalue weighted by Gasteiger charge is 2.30. The zero-order chi connectivity index (χ0) is 19.3. The van der Waals surface area contributed by atoms with Crippen molar-refractivity contribution < 1.29 is 27.4 Å². The third-order valence-electron chi connectivity index (χ3n) is 4.00. The summed E-state index contributed by atoms with van der Waals surface area (Å²) in [5.41, 5.74) is 0.297. The molecular weight excluding hydrogens is 361 g/mol. The van der Waals surface area contributed by atoms with Gasteiger partial charge >= 0.3 is 6.18 Å². The second-order valence-electron chi connectivity index (χ2n) is 6.06. The SMILES string of the molecule is O=C(Nc1ccc(OCc2cccc(C(F)(F)F)c2)cc1)C1CNCCO1. The topological polar surface area (TPSA) is 59.6 Å². The second kappa shape index (κ2) is 8.41. The molecule has 5 nitrogen and oxygen atoms in total. The average molecular weight is 380 g/mol. The highest BCUT2D eigenvalue weighted by molar-refractivity contribution is 5.94. The normalized spacial score (nSPS) is 17.4. The molecular formula is C19H19F3N2O3. The highest BCUT2D eigenvalue weighted by atomic mass is 19.4. The summed E-state index contributed by atoms with van der Waals surface area (Å²) >= 11 is 0. The van der Waals surface area contributed by atoms with E-state index in [1.165, 1.54) is 6.07 Å². The molecule has 1 atom stereocenters. The quantitative estimate of drug-likeness (QED) is 0.836. The number of hydrogen-bond acceptors (Lipinski definition) is 4. The van der Waals surface area contributed by atoms with Gasteiger partial charge in [-0.3, -0.25) is 4.79 Å². The van der Waals surface area contributed by atoms with E-state index in [2.05, 4.69) is 10.6 Å². The summed E-state index contributed by atoms with van der Waals surface area (Å²) in [6.45, 7) is 1.68. The third-order valence-corrected chi connectivity index (χ3v) is 4.00. The van der Waals surface area contributed by atoms with E-state index in [1.807, 2.05) is 0 Å². The maximum Gasteiger partial charge on any atom is 0.416 e. The molecule has 0 saturated carbocycles. The minimum Gasteiger partial charge on any atom is -0.489 e. The molecule has 0 radical (unpaired) electrons. The first-order chi connectivity index (χ1) is 12.9. The molecule has 0 spiro atoms. The number of halogens is 3. The number of nitrogens with one attached hydrogen (secondary N) is 2. The van der Waals surface area contributed by atoms with E-state index in [4.69, 9.17) is 9.47 Å². The van der Waals surface area contributed by atoms with Crippen LogP contribution in [0.4, 0.5) is 18.9 Å². The minimum absolute atomic E-state index is 0.0111. The summed E-state index contributed by atoms with van der Waals surface area (Å²) in [5.74, 6) is 0.251. The largest absolute Gasteiger partial charge is 0.489 e. The minimum atomic E-state index is -4.38. The van der Waals surface area contributed by atoms with Gasteiger partial charge in [0, 0.05) is 18.8 Å². The van der Waals surface area contributed by atoms with Crippen LogP contribution in [0, 0.1) is 0 Å². The fraction of sp³-hybridized carbons (Fsp3) is 0.316. The monoisotopic (exact) mass is 380 g/mol. The molecule has 144 valence electrons. The van der Waals surface area contributed by atoms with Gasteiger partial charge in [0.2, 0.25) is 0 Å². The van der Waals surface area contributed by atoms with Gasteiger partial charge in [0.15, 0.2) is 0 Å². The summed E-state index contributed by atoms with van der Waals surface area (Å²) in [4.78, 5) is 12.1. The summed E-state index contributed by atoms with van der Waals surface area (Å²) in [6.07, 6.45) is -4.91. The molecule has 1 heterocycles. The number of benzene rings is 2. The number of carbonyl (C=O) groups is 1. The summed E-state index contributed by atoms with van der Waals surface area (Å²) in [5, 5.41) is 5.83. The number of anilines is 1. The predicted molar refractivity (Wildman–Crippen MR) is 93.5 cm³/mol. The molecule has 0 aromatic heterocycles. The van der Waals surface area contributed by atoms with Gasteiger partial charge in [-0.25, -0.2) is 0 Å². The Kier molecular flexibility index (Phi) is 5.98. The number of morpholine rings is 1. The van der Waals surface area contributed by atoms with Crippen molar-refractivity contribution in [1.82, 2.24) is 5.32 Å². The van der Waals surface area contributed by atoms with Crippen LogP contribution in [0.15, 0.2) is 48.5 Å². The van der Waals surface area contributed by atoms with Crippen LogP contribution >= 0.6 is 0 Å². The molecule has 2 aromatic carbocycles. The van der Waals surface area contributed by atoms with Crippen LogP contribution in [-0.4, -0.2) is 31.7 Å². The maximum atomic E-state index is 12.7. The van der Waals surface area contributed by atoms with Gasteiger partial charge < -0.3 is 20.1 Å². The molecule has 2 aromatic rings. The fourth-order valence-electron chi connectivity index (χ4n) is 2.60. The Balaban J connectivity index is 1.54. The fourth-order valence-corrected chi connectivity index (χ4v) is 2.60. The Labute approximate surface area is 154 Å². The Morgan fingerprint density at radius 2 is 2.00 bits per heavy atom. The Bertz CT molecular complexity index is 773. The molecule has 1 aliphatic rings. The Hall–Kier alpha value is -2.58. The van der Waals surface area contributed by atoms with E-state index < -0.39 is 17.8 Å². The predicted octanol–water partition coefficient (Wildman–Crippen LogP) is 3.21. The van der Waals surface area contributed by atoms with Crippen molar-refractivity contribution in [3.63, 3.8) is 0 Å². The van der Waals surface area contributed by atoms with Crippen LogP contribution in [0.3, 0.4) is 0 Å². The van der Waals surface area contributed by atoms with Crippen molar-refractivity contribution in [2.45, 2.75) is 18.9 Å². The van der Waals surface area contributed by atoms with Crippen molar-refractivity contribution in [1.29, 1.82) is 0 Å². The molecule has 1 saturated heterocycles. The van der Waals surface area contributed by atoms with Crippen LogP contribution in [0.5, 0.6) is 5.75 Å². The van der Waals surface area contributed by atoms with Crippen molar-refractivity contribution in [3.05, 3.63) is 59.7 Å². The smallest absolute Gasteiger partial charge is 0.416 e. The molecule has 0 aliphatic carbocycles. The molecule has 0 bridgehead atoms. The summed E-state index contributed by atoms with van der Waals surface area (Å²) < 4.78 is 49.1. The van der Waals surface area contributed by atoms with Gasteiger partial charge in [-0.05, 0) is 42.0 Å². The van der Waals surface area contributed by atoms with E-state index in [0.29, 0.717) is 30.2 Å². The first-order valence-corrected chi connectivity index (χ1v) is 8.44. The summed E-state index contributed by atoms with van der Waals surface area (Å²) in [7, 11) is 0. The molecule has 1 aliphatic heterocycles. The molecule has 1 fully saturated rings. The van der Waals surface area contributed by atoms with Crippen LogP contribution in [-0.2, 0) is 22.3 Å². The highest BCUT2D eigenvalue weighted by Crippen LogP contribution is 2.29. The first-order valence-electron chi connectivity index (χ1n) is 8.44. The standard InChI is InChI=1S/C19H19F3N2O3/c20-19(21,22)14-3-1-2-13(10-14)12-27-16-6-4-15(5-7-16)24-18(25)17-11-23-8-9-26-17/h1-7,10,17,23H,8-9,11-12H2,(H,24,25). The van der Waals surface area contributed by atoms with Crippen molar-refractivity contribution in [2.75, 3.05) is 25.0 Å². The lowest BCUT2D eigenvalue weighted by atomic mass is 10.1. The van der Waals surface area contributed by atoms with Crippen LogP contribution < -0.4 is 15.4 Å². The average Bonchev–Trinajstić information content (AvgIpc) is 2.68. The number of amides is 1. The van der Waals surface area contributed by atoms with E-state index in [-0.39, 0.29) is 12.5 Å². The van der Waals surface area contributed by atoms with Crippen LogP contribution in [0.1, 0.15) is 11.1 Å². The van der Waals surface area contributed by atoms with Gasteiger partial charge in [-0.2, -0.15) is 13.2 Å². The lowest BCUT2D eigenvalue weighted by molar-refractivity contribution is -0.137. The number of alkyl halides is 3. The number of ether oxygens (including phenoxy) is 2. The van der Waals surface area contributed by atoms with Gasteiger partial charge in [-0.15, -0.1) is 0 Å². The molecule has 1 unspecified atom stereocenters.